The van der Waals surface area contributed by atoms with Crippen molar-refractivity contribution < 1.29 is 14.3 Å². The Morgan fingerprint density at radius 2 is 1.89 bits per heavy atom. The molecule has 0 saturated heterocycles. The fraction of sp³-hybridized carbons (Fsp3) is 0.190. The summed E-state index contributed by atoms with van der Waals surface area (Å²) in [6, 6.07) is 16.5. The summed E-state index contributed by atoms with van der Waals surface area (Å²) in [6.45, 7) is 3.54. The molecular weight excluding hydrogens is 396 g/mol. The van der Waals surface area contributed by atoms with Crippen molar-refractivity contribution >= 4 is 51.8 Å². The summed E-state index contributed by atoms with van der Waals surface area (Å²) >= 11 is 7.10. The molecule has 1 heterocycles. The molecule has 5 nitrogen and oxygen atoms in total. The summed E-state index contributed by atoms with van der Waals surface area (Å²) in [4.78, 5) is 28.8. The van der Waals surface area contributed by atoms with Crippen molar-refractivity contribution in [2.75, 3.05) is 11.1 Å². The predicted octanol–water partition coefficient (Wildman–Crippen LogP) is 4.86. The quantitative estimate of drug-likeness (QED) is 0.461. The molecule has 0 aliphatic rings. The SMILES string of the molecule is Cc1cc(SCC(=O)O[C@@H](C)C(=O)Nc2ccc(Cl)cc2)nc2ccccc12. The van der Waals surface area contributed by atoms with E-state index < -0.39 is 18.0 Å². The van der Waals surface area contributed by atoms with Gasteiger partial charge in [0.1, 0.15) is 0 Å². The first-order valence-corrected chi connectivity index (χ1v) is 10.0. The monoisotopic (exact) mass is 414 g/mol. The van der Waals surface area contributed by atoms with Gasteiger partial charge in [-0.05, 0) is 55.8 Å². The first-order chi connectivity index (χ1) is 13.4. The maximum Gasteiger partial charge on any atom is 0.317 e. The number of anilines is 1. The van der Waals surface area contributed by atoms with E-state index in [1.807, 2.05) is 37.3 Å². The lowest BCUT2D eigenvalue weighted by atomic mass is 10.1. The number of para-hydroxylation sites is 1. The minimum atomic E-state index is -0.907. The minimum absolute atomic E-state index is 0.0728. The molecule has 0 radical (unpaired) electrons. The van der Waals surface area contributed by atoms with Gasteiger partial charge >= 0.3 is 5.97 Å². The van der Waals surface area contributed by atoms with Crippen molar-refractivity contribution in [3.8, 4) is 0 Å². The van der Waals surface area contributed by atoms with Crippen LogP contribution in [0.4, 0.5) is 5.69 Å². The molecule has 0 bridgehead atoms. The summed E-state index contributed by atoms with van der Waals surface area (Å²) in [5.41, 5.74) is 2.56. The number of amides is 1. The lowest BCUT2D eigenvalue weighted by molar-refractivity contribution is -0.150. The van der Waals surface area contributed by atoms with Crippen molar-refractivity contribution in [1.82, 2.24) is 4.98 Å². The predicted molar refractivity (Wildman–Crippen MR) is 113 cm³/mol. The fourth-order valence-electron chi connectivity index (χ4n) is 2.59. The molecule has 144 valence electrons. The lowest BCUT2D eigenvalue weighted by Crippen LogP contribution is -2.30. The van der Waals surface area contributed by atoms with Gasteiger partial charge in [-0.2, -0.15) is 0 Å². The smallest absolute Gasteiger partial charge is 0.317 e. The second kappa shape index (κ2) is 9.08. The maximum atomic E-state index is 12.2. The van der Waals surface area contributed by atoms with Gasteiger partial charge in [0.2, 0.25) is 0 Å². The van der Waals surface area contributed by atoms with Crippen molar-refractivity contribution in [3.05, 3.63) is 65.2 Å². The highest BCUT2D eigenvalue weighted by Gasteiger charge is 2.18. The lowest BCUT2D eigenvalue weighted by Gasteiger charge is -2.13. The van der Waals surface area contributed by atoms with Gasteiger partial charge in [0, 0.05) is 16.1 Å². The third-order valence-electron chi connectivity index (χ3n) is 4.03. The van der Waals surface area contributed by atoms with Crippen LogP contribution in [0.2, 0.25) is 5.02 Å². The molecule has 0 fully saturated rings. The van der Waals surface area contributed by atoms with Crippen LogP contribution in [0, 0.1) is 6.92 Å². The van der Waals surface area contributed by atoms with Gasteiger partial charge in [0.15, 0.2) is 6.10 Å². The van der Waals surface area contributed by atoms with E-state index >= 15 is 0 Å². The topological polar surface area (TPSA) is 68.3 Å². The molecule has 0 spiro atoms. The molecule has 0 unspecified atom stereocenters. The molecule has 1 amide bonds. The standard InChI is InChI=1S/C21H19ClN2O3S/c1-13-11-19(24-18-6-4-3-5-17(13)18)28-12-20(25)27-14(2)21(26)23-16-9-7-15(22)8-10-16/h3-11,14H,12H2,1-2H3,(H,23,26)/t14-/m0/s1. The number of aromatic nitrogens is 1. The van der Waals surface area contributed by atoms with E-state index in [1.54, 1.807) is 24.3 Å². The Morgan fingerprint density at radius 3 is 2.64 bits per heavy atom. The first kappa shape index (κ1) is 20.2. The molecule has 0 aliphatic carbocycles. The zero-order valence-electron chi connectivity index (χ0n) is 15.4. The molecule has 1 atom stereocenters. The number of carbonyl (C=O) groups excluding carboxylic acids is 2. The molecule has 2 aromatic carbocycles. The number of hydrogen-bond donors (Lipinski definition) is 1. The highest BCUT2D eigenvalue weighted by atomic mass is 35.5. The molecule has 3 rings (SSSR count). The number of aryl methyl sites for hydroxylation is 1. The minimum Gasteiger partial charge on any atom is -0.452 e. The summed E-state index contributed by atoms with van der Waals surface area (Å²) in [6.07, 6.45) is -0.907. The van der Waals surface area contributed by atoms with Crippen molar-refractivity contribution in [1.29, 1.82) is 0 Å². The molecule has 0 aliphatic heterocycles. The normalized spacial score (nSPS) is 11.8. The summed E-state index contributed by atoms with van der Waals surface area (Å²) in [7, 11) is 0. The molecule has 28 heavy (non-hydrogen) atoms. The first-order valence-electron chi connectivity index (χ1n) is 8.67. The molecule has 1 aromatic heterocycles. The Kier molecular flexibility index (Phi) is 6.54. The van der Waals surface area contributed by atoms with Crippen LogP contribution >= 0.6 is 23.4 Å². The van der Waals surface area contributed by atoms with Crippen LogP contribution in [0.25, 0.3) is 10.9 Å². The molecule has 7 heteroatoms. The van der Waals surface area contributed by atoms with Crippen LogP contribution in [0.5, 0.6) is 0 Å². The van der Waals surface area contributed by atoms with Crippen LogP contribution < -0.4 is 5.32 Å². The number of nitrogens with zero attached hydrogens (tertiary/aromatic N) is 1. The molecule has 0 saturated carbocycles. The van der Waals surface area contributed by atoms with Crippen LogP contribution in [0.3, 0.4) is 0 Å². The Bertz CT molecular complexity index is 1010. The average Bonchev–Trinajstić information content (AvgIpc) is 2.68. The third kappa shape index (κ3) is 5.24. The third-order valence-corrected chi connectivity index (χ3v) is 5.16. The Morgan fingerprint density at radius 1 is 1.18 bits per heavy atom. The summed E-state index contributed by atoms with van der Waals surface area (Å²) in [5, 5.41) is 5.08. The van der Waals surface area contributed by atoms with E-state index in [2.05, 4.69) is 10.3 Å². The van der Waals surface area contributed by atoms with E-state index in [0.717, 1.165) is 21.5 Å². The van der Waals surface area contributed by atoms with Gasteiger partial charge in [-0.1, -0.05) is 41.6 Å². The fourth-order valence-corrected chi connectivity index (χ4v) is 3.47. The second-order valence-electron chi connectivity index (χ2n) is 6.21. The van der Waals surface area contributed by atoms with E-state index in [4.69, 9.17) is 16.3 Å². The van der Waals surface area contributed by atoms with Crippen LogP contribution in [0.15, 0.2) is 59.6 Å². The highest BCUT2D eigenvalue weighted by Crippen LogP contribution is 2.23. The molecule has 3 aromatic rings. The number of thioether (sulfide) groups is 1. The van der Waals surface area contributed by atoms with Gasteiger partial charge in [0.05, 0.1) is 16.3 Å². The maximum absolute atomic E-state index is 12.2. The number of esters is 1. The van der Waals surface area contributed by atoms with Gasteiger partial charge in [-0.3, -0.25) is 9.59 Å². The van der Waals surface area contributed by atoms with Gasteiger partial charge in [-0.25, -0.2) is 4.98 Å². The number of rotatable bonds is 6. The second-order valence-corrected chi connectivity index (χ2v) is 7.64. The molecule has 1 N–H and O–H groups in total. The number of hydrogen-bond acceptors (Lipinski definition) is 5. The van der Waals surface area contributed by atoms with E-state index in [-0.39, 0.29) is 5.75 Å². The van der Waals surface area contributed by atoms with Crippen LogP contribution in [-0.4, -0.2) is 28.7 Å². The number of pyridine rings is 1. The summed E-state index contributed by atoms with van der Waals surface area (Å²) in [5.74, 6) is -0.805. The Labute approximate surface area is 172 Å². The van der Waals surface area contributed by atoms with E-state index in [0.29, 0.717) is 10.7 Å². The van der Waals surface area contributed by atoms with Gasteiger partial charge in [0.25, 0.3) is 5.91 Å². The number of carbonyl (C=O) groups is 2. The average molecular weight is 415 g/mol. The Hall–Kier alpha value is -2.57. The number of halogens is 1. The van der Waals surface area contributed by atoms with Gasteiger partial charge < -0.3 is 10.1 Å². The molecular formula is C21H19ClN2O3S. The van der Waals surface area contributed by atoms with Crippen LogP contribution in [-0.2, 0) is 14.3 Å². The largest absolute Gasteiger partial charge is 0.452 e. The Balaban J connectivity index is 1.53. The van der Waals surface area contributed by atoms with Crippen molar-refractivity contribution in [2.45, 2.75) is 25.0 Å². The highest BCUT2D eigenvalue weighted by molar-refractivity contribution is 7.99. The number of benzene rings is 2. The number of nitrogens with one attached hydrogen (secondary N) is 1. The summed E-state index contributed by atoms with van der Waals surface area (Å²) < 4.78 is 5.22. The van der Waals surface area contributed by atoms with Gasteiger partial charge in [-0.15, -0.1) is 0 Å². The number of ether oxygens (including phenoxy) is 1. The van der Waals surface area contributed by atoms with E-state index in [1.165, 1.54) is 18.7 Å². The van der Waals surface area contributed by atoms with Crippen molar-refractivity contribution in [3.63, 3.8) is 0 Å². The zero-order valence-corrected chi connectivity index (χ0v) is 17.0. The zero-order chi connectivity index (χ0) is 20.1. The van der Waals surface area contributed by atoms with Crippen LogP contribution in [0.1, 0.15) is 12.5 Å². The van der Waals surface area contributed by atoms with Crippen molar-refractivity contribution in [2.24, 2.45) is 0 Å². The number of fused-ring (bicyclic) bond motifs is 1. The van der Waals surface area contributed by atoms with E-state index in [9.17, 15) is 9.59 Å².